The van der Waals surface area contributed by atoms with Crippen LogP contribution in [0.4, 0.5) is 0 Å². The molecule has 4 nitrogen and oxygen atoms in total. The number of rotatable bonds is 5. The topological polar surface area (TPSA) is 57.6 Å². The number of sulfone groups is 1. The second kappa shape index (κ2) is 5.91. The van der Waals surface area contributed by atoms with Gasteiger partial charge >= 0.3 is 0 Å². The van der Waals surface area contributed by atoms with Gasteiger partial charge in [-0.05, 0) is 20.3 Å². The Bertz CT molecular complexity index is 335. The van der Waals surface area contributed by atoms with Gasteiger partial charge in [-0.25, -0.2) is 8.42 Å². The van der Waals surface area contributed by atoms with Crippen molar-refractivity contribution in [1.82, 2.24) is 4.90 Å². The maximum absolute atomic E-state index is 12.0. The number of hydrogen-bond acceptors (Lipinski definition) is 5. The predicted octanol–water partition coefficient (Wildman–Crippen LogP) is 0.957. The lowest BCUT2D eigenvalue weighted by molar-refractivity contribution is 0.0570. The molecule has 1 heterocycles. The van der Waals surface area contributed by atoms with Gasteiger partial charge in [-0.3, -0.25) is 4.90 Å². The highest BCUT2D eigenvalue weighted by atomic mass is 32.2. The first-order chi connectivity index (χ1) is 7.76. The van der Waals surface area contributed by atoms with E-state index in [4.69, 9.17) is 0 Å². The molecule has 0 aromatic carbocycles. The quantitative estimate of drug-likeness (QED) is 0.813. The third-order valence-corrected chi connectivity index (χ3v) is 6.35. The summed E-state index contributed by atoms with van der Waals surface area (Å²) in [6, 6.07) is 0. The Labute approximate surface area is 109 Å². The Morgan fingerprint density at radius 1 is 1.47 bits per heavy atom. The molecule has 0 bridgehead atoms. The fourth-order valence-electron chi connectivity index (χ4n) is 1.81. The standard InChI is InChI=1S/C11H23NO3S2/c1-4-17(14,15)10-9-16-8-7-12(10)6-5-11(2,3)13/h10,13H,4-9H2,1-3H3. The van der Waals surface area contributed by atoms with Crippen molar-refractivity contribution >= 4 is 21.6 Å². The molecule has 0 saturated carbocycles. The molecule has 0 spiro atoms. The van der Waals surface area contributed by atoms with E-state index in [1.54, 1.807) is 32.5 Å². The van der Waals surface area contributed by atoms with Gasteiger partial charge in [0.15, 0.2) is 9.84 Å². The molecule has 1 unspecified atom stereocenters. The molecule has 0 aromatic rings. The molecule has 1 aliphatic rings. The van der Waals surface area contributed by atoms with Gasteiger partial charge in [0.2, 0.25) is 0 Å². The molecule has 1 rings (SSSR count). The van der Waals surface area contributed by atoms with Crippen molar-refractivity contribution in [3.63, 3.8) is 0 Å². The highest BCUT2D eigenvalue weighted by molar-refractivity contribution is 8.01. The number of thioether (sulfide) groups is 1. The van der Waals surface area contributed by atoms with E-state index in [0.29, 0.717) is 18.7 Å². The summed E-state index contributed by atoms with van der Waals surface area (Å²) < 4.78 is 23.9. The summed E-state index contributed by atoms with van der Waals surface area (Å²) in [5.74, 6) is 1.82. The molecule has 1 saturated heterocycles. The summed E-state index contributed by atoms with van der Waals surface area (Å²) in [6.45, 7) is 6.66. The van der Waals surface area contributed by atoms with Crippen LogP contribution >= 0.6 is 11.8 Å². The zero-order chi connectivity index (χ0) is 13.1. The maximum Gasteiger partial charge on any atom is 0.166 e. The zero-order valence-electron chi connectivity index (χ0n) is 10.8. The number of aliphatic hydroxyl groups is 1. The van der Waals surface area contributed by atoms with Crippen LogP contribution in [0.15, 0.2) is 0 Å². The summed E-state index contributed by atoms with van der Waals surface area (Å²) >= 11 is 1.70. The third kappa shape index (κ3) is 4.77. The van der Waals surface area contributed by atoms with Gasteiger partial charge in [-0.15, -0.1) is 0 Å². The molecule has 1 fully saturated rings. The first-order valence-electron chi connectivity index (χ1n) is 6.02. The molecule has 102 valence electrons. The van der Waals surface area contributed by atoms with Crippen molar-refractivity contribution in [2.24, 2.45) is 0 Å². The van der Waals surface area contributed by atoms with Crippen molar-refractivity contribution in [3.8, 4) is 0 Å². The Balaban J connectivity index is 2.67. The molecule has 1 aliphatic heterocycles. The lowest BCUT2D eigenvalue weighted by Gasteiger charge is -2.35. The van der Waals surface area contributed by atoms with Gasteiger partial charge in [0.25, 0.3) is 0 Å². The van der Waals surface area contributed by atoms with Crippen LogP contribution in [0.3, 0.4) is 0 Å². The summed E-state index contributed by atoms with van der Waals surface area (Å²) in [7, 11) is -3.01. The minimum atomic E-state index is -3.01. The van der Waals surface area contributed by atoms with E-state index in [1.165, 1.54) is 0 Å². The molecule has 0 amide bonds. The smallest absolute Gasteiger partial charge is 0.166 e. The van der Waals surface area contributed by atoms with E-state index in [1.807, 2.05) is 4.90 Å². The summed E-state index contributed by atoms with van der Waals surface area (Å²) in [5, 5.41) is 9.35. The highest BCUT2D eigenvalue weighted by Gasteiger charge is 2.33. The van der Waals surface area contributed by atoms with Crippen LogP contribution < -0.4 is 0 Å². The second-order valence-electron chi connectivity index (χ2n) is 5.08. The Morgan fingerprint density at radius 2 is 2.12 bits per heavy atom. The Hall–Kier alpha value is 0.220. The van der Waals surface area contributed by atoms with Gasteiger partial charge in [-0.2, -0.15) is 11.8 Å². The lowest BCUT2D eigenvalue weighted by atomic mass is 10.1. The number of hydrogen-bond donors (Lipinski definition) is 1. The minimum Gasteiger partial charge on any atom is -0.390 e. The zero-order valence-corrected chi connectivity index (χ0v) is 12.5. The van der Waals surface area contributed by atoms with Crippen molar-refractivity contribution in [1.29, 1.82) is 0 Å². The predicted molar refractivity (Wildman–Crippen MR) is 73.1 cm³/mol. The van der Waals surface area contributed by atoms with E-state index in [9.17, 15) is 13.5 Å². The molecule has 6 heteroatoms. The van der Waals surface area contributed by atoms with Crippen LogP contribution in [0.5, 0.6) is 0 Å². The first-order valence-corrected chi connectivity index (χ1v) is 8.89. The van der Waals surface area contributed by atoms with Gasteiger partial charge in [0.1, 0.15) is 5.37 Å². The first kappa shape index (κ1) is 15.3. The van der Waals surface area contributed by atoms with Crippen LogP contribution in [-0.4, -0.2) is 59.7 Å². The molecular weight excluding hydrogens is 258 g/mol. The van der Waals surface area contributed by atoms with Crippen molar-refractivity contribution in [3.05, 3.63) is 0 Å². The average molecular weight is 281 g/mol. The van der Waals surface area contributed by atoms with Crippen molar-refractivity contribution in [2.75, 3.05) is 30.3 Å². The number of nitrogens with zero attached hydrogens (tertiary/aromatic N) is 1. The minimum absolute atomic E-state index is 0.192. The molecule has 0 aliphatic carbocycles. The average Bonchev–Trinajstić information content (AvgIpc) is 2.26. The molecule has 1 atom stereocenters. The van der Waals surface area contributed by atoms with Crippen LogP contribution in [0.1, 0.15) is 27.2 Å². The summed E-state index contributed by atoms with van der Waals surface area (Å²) in [4.78, 5) is 2.01. The summed E-state index contributed by atoms with van der Waals surface area (Å²) in [6.07, 6.45) is 0.605. The molecule has 0 radical (unpaired) electrons. The third-order valence-electron chi connectivity index (χ3n) is 3.02. The summed E-state index contributed by atoms with van der Waals surface area (Å²) in [5.41, 5.74) is -0.731. The van der Waals surface area contributed by atoms with Crippen LogP contribution in [0, 0.1) is 0 Å². The monoisotopic (exact) mass is 281 g/mol. The van der Waals surface area contributed by atoms with Crippen LogP contribution in [0.25, 0.3) is 0 Å². The van der Waals surface area contributed by atoms with Crippen molar-refractivity contribution in [2.45, 2.75) is 38.2 Å². The Morgan fingerprint density at radius 3 is 2.65 bits per heavy atom. The molecule has 17 heavy (non-hydrogen) atoms. The van der Waals surface area contributed by atoms with Crippen molar-refractivity contribution < 1.29 is 13.5 Å². The van der Waals surface area contributed by atoms with E-state index in [-0.39, 0.29) is 11.1 Å². The van der Waals surface area contributed by atoms with Gasteiger partial charge in [-0.1, -0.05) is 6.92 Å². The van der Waals surface area contributed by atoms with Crippen LogP contribution in [-0.2, 0) is 9.84 Å². The lowest BCUT2D eigenvalue weighted by Crippen LogP contribution is -2.49. The van der Waals surface area contributed by atoms with E-state index in [0.717, 1.165) is 12.3 Å². The largest absolute Gasteiger partial charge is 0.390 e. The fraction of sp³-hybridized carbons (Fsp3) is 1.00. The fourth-order valence-corrected chi connectivity index (χ4v) is 4.92. The van der Waals surface area contributed by atoms with Gasteiger partial charge < -0.3 is 5.11 Å². The highest BCUT2D eigenvalue weighted by Crippen LogP contribution is 2.22. The van der Waals surface area contributed by atoms with E-state index < -0.39 is 15.4 Å². The van der Waals surface area contributed by atoms with E-state index in [2.05, 4.69) is 0 Å². The SMILES string of the molecule is CCS(=O)(=O)C1CSCCN1CCC(C)(C)O. The van der Waals surface area contributed by atoms with Crippen LogP contribution in [0.2, 0.25) is 0 Å². The maximum atomic E-state index is 12.0. The van der Waals surface area contributed by atoms with Gasteiger partial charge in [0.05, 0.1) is 5.60 Å². The molecule has 0 aromatic heterocycles. The second-order valence-corrected chi connectivity index (χ2v) is 8.68. The normalized spacial score (nSPS) is 23.9. The Kier molecular flexibility index (Phi) is 5.31. The molecule has 1 N–H and O–H groups in total. The van der Waals surface area contributed by atoms with E-state index >= 15 is 0 Å². The van der Waals surface area contributed by atoms with Gasteiger partial charge in [0, 0.05) is 30.3 Å². The molecular formula is C11H23NO3S2.